The molecule has 0 spiro atoms. The molecule has 1 amide bonds. The molecule has 1 N–H and O–H groups in total. The van der Waals surface area contributed by atoms with Gasteiger partial charge in [-0.2, -0.15) is 0 Å². The van der Waals surface area contributed by atoms with Crippen LogP contribution in [-0.2, 0) is 6.42 Å². The molecule has 0 radical (unpaired) electrons. The van der Waals surface area contributed by atoms with E-state index >= 15 is 0 Å². The Kier molecular flexibility index (Phi) is 4.64. The van der Waals surface area contributed by atoms with E-state index in [1.807, 2.05) is 17.9 Å². The van der Waals surface area contributed by atoms with Gasteiger partial charge in [0.25, 0.3) is 5.91 Å². The van der Waals surface area contributed by atoms with Gasteiger partial charge < -0.3 is 14.6 Å². The topological polar surface area (TPSA) is 45.5 Å². The Bertz CT molecular complexity index is 428. The standard InChI is InChI=1S/C15H24N2O2/c1-4-12-6-7-14(19-12)15(18)17-9-8-13(16-5-2)11(3)10-17/h6-7,11,13,16H,4-5,8-10H2,1-3H3. The second kappa shape index (κ2) is 6.24. The number of furan rings is 1. The Morgan fingerprint density at radius 3 is 2.84 bits per heavy atom. The van der Waals surface area contributed by atoms with E-state index in [-0.39, 0.29) is 5.91 Å². The van der Waals surface area contributed by atoms with Crippen LogP contribution in [-0.4, -0.2) is 36.5 Å². The summed E-state index contributed by atoms with van der Waals surface area (Å²) in [6, 6.07) is 4.21. The number of amides is 1. The second-order valence-corrected chi connectivity index (χ2v) is 5.30. The van der Waals surface area contributed by atoms with E-state index in [9.17, 15) is 4.79 Å². The minimum Gasteiger partial charge on any atom is -0.456 e. The number of hydrogen-bond acceptors (Lipinski definition) is 3. The number of nitrogens with one attached hydrogen (secondary N) is 1. The summed E-state index contributed by atoms with van der Waals surface area (Å²) in [4.78, 5) is 14.3. The van der Waals surface area contributed by atoms with Crippen LogP contribution >= 0.6 is 0 Å². The summed E-state index contributed by atoms with van der Waals surface area (Å²) in [5, 5.41) is 3.49. The zero-order chi connectivity index (χ0) is 13.8. The van der Waals surface area contributed by atoms with E-state index in [1.54, 1.807) is 6.07 Å². The van der Waals surface area contributed by atoms with Crippen molar-refractivity contribution in [3.8, 4) is 0 Å². The van der Waals surface area contributed by atoms with Crippen LogP contribution in [0.3, 0.4) is 0 Å². The average Bonchev–Trinajstić information content (AvgIpc) is 2.89. The van der Waals surface area contributed by atoms with Crippen molar-refractivity contribution in [1.82, 2.24) is 10.2 Å². The van der Waals surface area contributed by atoms with Gasteiger partial charge in [0.15, 0.2) is 5.76 Å². The zero-order valence-corrected chi connectivity index (χ0v) is 12.1. The molecule has 1 aliphatic rings. The highest BCUT2D eigenvalue weighted by Gasteiger charge is 2.29. The Morgan fingerprint density at radius 2 is 2.26 bits per heavy atom. The van der Waals surface area contributed by atoms with Crippen molar-refractivity contribution in [2.75, 3.05) is 19.6 Å². The third kappa shape index (κ3) is 3.18. The van der Waals surface area contributed by atoms with Crippen LogP contribution < -0.4 is 5.32 Å². The van der Waals surface area contributed by atoms with Gasteiger partial charge in [-0.05, 0) is 31.0 Å². The molecule has 4 heteroatoms. The van der Waals surface area contributed by atoms with Crippen LogP contribution in [0, 0.1) is 5.92 Å². The summed E-state index contributed by atoms with van der Waals surface area (Å²) >= 11 is 0. The van der Waals surface area contributed by atoms with E-state index in [4.69, 9.17) is 4.42 Å². The molecule has 2 rings (SSSR count). The molecule has 19 heavy (non-hydrogen) atoms. The van der Waals surface area contributed by atoms with Crippen molar-refractivity contribution in [3.05, 3.63) is 23.7 Å². The van der Waals surface area contributed by atoms with E-state index in [2.05, 4.69) is 19.2 Å². The van der Waals surface area contributed by atoms with Gasteiger partial charge >= 0.3 is 0 Å². The van der Waals surface area contributed by atoms with Gasteiger partial charge in [-0.15, -0.1) is 0 Å². The highest BCUT2D eigenvalue weighted by molar-refractivity contribution is 5.91. The maximum atomic E-state index is 12.4. The van der Waals surface area contributed by atoms with Gasteiger partial charge in [0.2, 0.25) is 0 Å². The summed E-state index contributed by atoms with van der Waals surface area (Å²) in [5.74, 6) is 1.87. The summed E-state index contributed by atoms with van der Waals surface area (Å²) in [6.07, 6.45) is 1.84. The maximum absolute atomic E-state index is 12.4. The minimum atomic E-state index is 0.0292. The molecule has 1 fully saturated rings. The van der Waals surface area contributed by atoms with Gasteiger partial charge in [0.1, 0.15) is 5.76 Å². The summed E-state index contributed by atoms with van der Waals surface area (Å²) in [6.45, 7) is 8.95. The summed E-state index contributed by atoms with van der Waals surface area (Å²) in [7, 11) is 0. The molecule has 1 aliphatic heterocycles. The lowest BCUT2D eigenvalue weighted by Crippen LogP contribution is -2.50. The van der Waals surface area contributed by atoms with Gasteiger partial charge in [-0.1, -0.05) is 20.8 Å². The smallest absolute Gasteiger partial charge is 0.289 e. The number of aryl methyl sites for hydroxylation is 1. The first-order valence-electron chi connectivity index (χ1n) is 7.27. The molecule has 4 nitrogen and oxygen atoms in total. The largest absolute Gasteiger partial charge is 0.456 e. The predicted octanol–water partition coefficient (Wildman–Crippen LogP) is 2.30. The number of likely N-dealkylation sites (tertiary alicyclic amines) is 1. The molecule has 2 unspecified atom stereocenters. The molecule has 0 aliphatic carbocycles. The van der Waals surface area contributed by atoms with Gasteiger partial charge in [-0.25, -0.2) is 0 Å². The fraction of sp³-hybridized carbons (Fsp3) is 0.667. The van der Waals surface area contributed by atoms with Crippen LogP contribution in [0.1, 0.15) is 43.5 Å². The van der Waals surface area contributed by atoms with E-state index in [0.29, 0.717) is 17.7 Å². The molecular formula is C15H24N2O2. The molecule has 0 saturated carbocycles. The first-order valence-corrected chi connectivity index (χ1v) is 7.27. The van der Waals surface area contributed by atoms with Crippen molar-refractivity contribution >= 4 is 5.91 Å². The first-order chi connectivity index (χ1) is 9.15. The van der Waals surface area contributed by atoms with Crippen LogP contribution in [0.15, 0.2) is 16.5 Å². The first kappa shape index (κ1) is 14.1. The summed E-state index contributed by atoms with van der Waals surface area (Å²) < 4.78 is 5.55. The van der Waals surface area contributed by atoms with E-state index in [1.165, 1.54) is 0 Å². The molecule has 1 aromatic rings. The normalized spacial score (nSPS) is 23.6. The minimum absolute atomic E-state index is 0.0292. The van der Waals surface area contributed by atoms with Crippen molar-refractivity contribution in [2.24, 2.45) is 5.92 Å². The maximum Gasteiger partial charge on any atom is 0.289 e. The quantitative estimate of drug-likeness (QED) is 0.907. The number of rotatable bonds is 4. The molecule has 106 valence electrons. The zero-order valence-electron chi connectivity index (χ0n) is 12.1. The van der Waals surface area contributed by atoms with Gasteiger partial charge in [0.05, 0.1) is 0 Å². The molecule has 1 saturated heterocycles. The number of carbonyl (C=O) groups is 1. The Labute approximate surface area is 115 Å². The van der Waals surface area contributed by atoms with E-state index < -0.39 is 0 Å². The SMILES string of the molecule is CCNC1CCN(C(=O)c2ccc(CC)o2)CC1C. The highest BCUT2D eigenvalue weighted by Crippen LogP contribution is 2.20. The molecule has 1 aromatic heterocycles. The number of hydrogen-bond donors (Lipinski definition) is 1. The lowest BCUT2D eigenvalue weighted by molar-refractivity contribution is 0.0613. The number of carbonyl (C=O) groups excluding carboxylic acids is 1. The van der Waals surface area contributed by atoms with Crippen molar-refractivity contribution < 1.29 is 9.21 Å². The fourth-order valence-electron chi connectivity index (χ4n) is 2.73. The highest BCUT2D eigenvalue weighted by atomic mass is 16.4. The third-order valence-electron chi connectivity index (χ3n) is 3.88. The van der Waals surface area contributed by atoms with Crippen LogP contribution in [0.25, 0.3) is 0 Å². The molecule has 2 atom stereocenters. The Morgan fingerprint density at radius 1 is 1.47 bits per heavy atom. The summed E-state index contributed by atoms with van der Waals surface area (Å²) in [5.41, 5.74) is 0. The average molecular weight is 264 g/mol. The lowest BCUT2D eigenvalue weighted by atomic mass is 9.93. The Balaban J connectivity index is 1.98. The lowest BCUT2D eigenvalue weighted by Gasteiger charge is -2.36. The van der Waals surface area contributed by atoms with Crippen molar-refractivity contribution in [1.29, 1.82) is 0 Å². The van der Waals surface area contributed by atoms with Crippen molar-refractivity contribution in [3.63, 3.8) is 0 Å². The molecule has 0 aromatic carbocycles. The Hall–Kier alpha value is -1.29. The van der Waals surface area contributed by atoms with Gasteiger partial charge in [0, 0.05) is 25.6 Å². The molecule has 2 heterocycles. The van der Waals surface area contributed by atoms with E-state index in [0.717, 1.165) is 38.2 Å². The van der Waals surface area contributed by atoms with Gasteiger partial charge in [-0.3, -0.25) is 4.79 Å². The van der Waals surface area contributed by atoms with Crippen molar-refractivity contribution in [2.45, 2.75) is 39.7 Å². The fourth-order valence-corrected chi connectivity index (χ4v) is 2.73. The van der Waals surface area contributed by atoms with Crippen LogP contribution in [0.5, 0.6) is 0 Å². The van der Waals surface area contributed by atoms with Crippen LogP contribution in [0.4, 0.5) is 0 Å². The monoisotopic (exact) mass is 264 g/mol. The predicted molar refractivity (Wildman–Crippen MR) is 75.2 cm³/mol. The second-order valence-electron chi connectivity index (χ2n) is 5.30. The number of piperidine rings is 1. The third-order valence-corrected chi connectivity index (χ3v) is 3.88. The van der Waals surface area contributed by atoms with Crippen LogP contribution in [0.2, 0.25) is 0 Å². The molecule has 0 bridgehead atoms. The molecular weight excluding hydrogens is 240 g/mol. The number of nitrogens with zero attached hydrogens (tertiary/aromatic N) is 1.